The summed E-state index contributed by atoms with van der Waals surface area (Å²) in [6.45, 7) is 5.53. The van der Waals surface area contributed by atoms with E-state index in [1.54, 1.807) is 12.1 Å². The minimum atomic E-state index is 0.321. The van der Waals surface area contributed by atoms with Crippen LogP contribution in [0.5, 0.6) is 0 Å². The Morgan fingerprint density at radius 3 is 2.74 bits per heavy atom. The smallest absolute Gasteiger partial charge is 0.163 e. The molecule has 1 aromatic carbocycles. The Hall–Kier alpha value is -2.61. The number of nitrogens with zero attached hydrogens (tertiary/aromatic N) is 4. The number of benzene rings is 1. The van der Waals surface area contributed by atoms with Crippen molar-refractivity contribution >= 4 is 17.2 Å². The van der Waals surface area contributed by atoms with Crippen LogP contribution in [-0.4, -0.2) is 22.8 Å². The standard InChI is InChI=1S/C18H21N5/c1-13-11-16(23-10-4-3-5-14(23)2)7-8-17(13)20-18-9-6-15(12-19)21-22-18/h6-9,11,14H,3-5,10H2,1-2H3,(H,20,22). The first kappa shape index (κ1) is 15.3. The molecule has 1 atom stereocenters. The van der Waals surface area contributed by atoms with Gasteiger partial charge in [0.1, 0.15) is 6.07 Å². The van der Waals surface area contributed by atoms with E-state index in [2.05, 4.69) is 52.5 Å². The van der Waals surface area contributed by atoms with Crippen LogP contribution in [0.3, 0.4) is 0 Å². The zero-order valence-electron chi connectivity index (χ0n) is 13.6. The Morgan fingerprint density at radius 2 is 2.09 bits per heavy atom. The molecule has 0 saturated carbocycles. The molecule has 0 amide bonds. The number of aromatic nitrogens is 2. The molecule has 1 N–H and O–H groups in total. The van der Waals surface area contributed by atoms with Crippen LogP contribution in [0, 0.1) is 18.3 Å². The van der Waals surface area contributed by atoms with Crippen molar-refractivity contribution in [3.05, 3.63) is 41.6 Å². The van der Waals surface area contributed by atoms with Crippen LogP contribution in [0.4, 0.5) is 17.2 Å². The predicted molar refractivity (Wildman–Crippen MR) is 91.9 cm³/mol. The molecule has 1 aromatic heterocycles. The van der Waals surface area contributed by atoms with Gasteiger partial charge in [0, 0.05) is 24.0 Å². The van der Waals surface area contributed by atoms with Gasteiger partial charge in [0.15, 0.2) is 11.5 Å². The molecule has 2 heterocycles. The maximum atomic E-state index is 8.76. The molecular formula is C18H21N5. The van der Waals surface area contributed by atoms with Crippen molar-refractivity contribution in [2.45, 2.75) is 39.2 Å². The average Bonchev–Trinajstić information content (AvgIpc) is 2.58. The number of anilines is 3. The van der Waals surface area contributed by atoms with E-state index >= 15 is 0 Å². The van der Waals surface area contributed by atoms with Gasteiger partial charge in [-0.15, -0.1) is 10.2 Å². The summed E-state index contributed by atoms with van der Waals surface area (Å²) in [7, 11) is 0. The number of rotatable bonds is 3. The highest BCUT2D eigenvalue weighted by molar-refractivity contribution is 5.65. The molecule has 0 aliphatic carbocycles. The molecule has 1 unspecified atom stereocenters. The van der Waals surface area contributed by atoms with Crippen LogP contribution in [0.25, 0.3) is 0 Å². The molecule has 23 heavy (non-hydrogen) atoms. The monoisotopic (exact) mass is 307 g/mol. The van der Waals surface area contributed by atoms with Gasteiger partial charge in [0.05, 0.1) is 0 Å². The second kappa shape index (κ2) is 6.66. The summed E-state index contributed by atoms with van der Waals surface area (Å²) in [6, 6.07) is 12.5. The van der Waals surface area contributed by atoms with Gasteiger partial charge in [-0.2, -0.15) is 5.26 Å². The lowest BCUT2D eigenvalue weighted by molar-refractivity contribution is 0.485. The molecule has 5 heteroatoms. The minimum Gasteiger partial charge on any atom is -0.369 e. The number of hydrogen-bond acceptors (Lipinski definition) is 5. The minimum absolute atomic E-state index is 0.321. The number of nitrogens with one attached hydrogen (secondary N) is 1. The van der Waals surface area contributed by atoms with Crippen LogP contribution in [-0.2, 0) is 0 Å². The van der Waals surface area contributed by atoms with Crippen LogP contribution in [0.15, 0.2) is 30.3 Å². The van der Waals surface area contributed by atoms with Gasteiger partial charge in [-0.25, -0.2) is 0 Å². The lowest BCUT2D eigenvalue weighted by Gasteiger charge is -2.35. The number of piperidine rings is 1. The molecule has 1 saturated heterocycles. The van der Waals surface area contributed by atoms with Gasteiger partial charge in [-0.3, -0.25) is 0 Å². The normalized spacial score (nSPS) is 17.6. The summed E-state index contributed by atoms with van der Waals surface area (Å²) in [5.41, 5.74) is 3.79. The van der Waals surface area contributed by atoms with Crippen LogP contribution >= 0.6 is 0 Å². The molecule has 0 radical (unpaired) electrons. The molecule has 118 valence electrons. The largest absolute Gasteiger partial charge is 0.369 e. The van der Waals surface area contributed by atoms with Crippen LogP contribution in [0.1, 0.15) is 37.4 Å². The third kappa shape index (κ3) is 3.42. The van der Waals surface area contributed by atoms with Crippen LogP contribution in [0.2, 0.25) is 0 Å². The van der Waals surface area contributed by atoms with E-state index in [4.69, 9.17) is 5.26 Å². The number of hydrogen-bond donors (Lipinski definition) is 1. The summed E-state index contributed by atoms with van der Waals surface area (Å²) in [4.78, 5) is 2.49. The number of nitriles is 1. The first-order valence-electron chi connectivity index (χ1n) is 8.05. The molecule has 0 bridgehead atoms. The highest BCUT2D eigenvalue weighted by Crippen LogP contribution is 2.29. The fourth-order valence-corrected chi connectivity index (χ4v) is 3.04. The zero-order chi connectivity index (χ0) is 16.2. The Kier molecular flexibility index (Phi) is 4.42. The van der Waals surface area contributed by atoms with Gasteiger partial charge < -0.3 is 10.2 Å². The van der Waals surface area contributed by atoms with E-state index in [9.17, 15) is 0 Å². The maximum absolute atomic E-state index is 8.76. The highest BCUT2D eigenvalue weighted by atomic mass is 15.2. The summed E-state index contributed by atoms with van der Waals surface area (Å²) in [6.07, 6.45) is 3.86. The van der Waals surface area contributed by atoms with Gasteiger partial charge in [-0.1, -0.05) is 0 Å². The predicted octanol–water partition coefficient (Wildman–Crippen LogP) is 3.78. The maximum Gasteiger partial charge on any atom is 0.163 e. The lowest BCUT2D eigenvalue weighted by atomic mass is 10.0. The first-order valence-corrected chi connectivity index (χ1v) is 8.05. The van der Waals surface area contributed by atoms with Crippen LogP contribution < -0.4 is 10.2 Å². The Morgan fingerprint density at radius 1 is 1.22 bits per heavy atom. The van der Waals surface area contributed by atoms with E-state index in [0.717, 1.165) is 12.2 Å². The van der Waals surface area contributed by atoms with Gasteiger partial charge in [0.2, 0.25) is 0 Å². The molecular weight excluding hydrogens is 286 g/mol. The molecule has 1 aliphatic heterocycles. The van der Waals surface area contributed by atoms with Crippen molar-refractivity contribution in [1.29, 1.82) is 5.26 Å². The van der Waals surface area contributed by atoms with E-state index in [0.29, 0.717) is 17.6 Å². The molecule has 2 aromatic rings. The van der Waals surface area contributed by atoms with Crippen molar-refractivity contribution in [3.8, 4) is 6.07 Å². The van der Waals surface area contributed by atoms with E-state index in [-0.39, 0.29) is 0 Å². The van der Waals surface area contributed by atoms with Crippen molar-refractivity contribution < 1.29 is 0 Å². The summed E-state index contributed by atoms with van der Waals surface area (Å²) in [5.74, 6) is 0.645. The topological polar surface area (TPSA) is 64.8 Å². The van der Waals surface area contributed by atoms with Gasteiger partial charge in [0.25, 0.3) is 0 Å². The van der Waals surface area contributed by atoms with Crippen molar-refractivity contribution in [1.82, 2.24) is 10.2 Å². The van der Waals surface area contributed by atoms with Crippen molar-refractivity contribution in [3.63, 3.8) is 0 Å². The first-order chi connectivity index (χ1) is 11.2. The fourth-order valence-electron chi connectivity index (χ4n) is 3.04. The summed E-state index contributed by atoms with van der Waals surface area (Å²) >= 11 is 0. The van der Waals surface area contributed by atoms with Gasteiger partial charge in [-0.05, 0) is 69.0 Å². The van der Waals surface area contributed by atoms with E-state index in [1.165, 1.54) is 30.5 Å². The molecule has 1 aliphatic rings. The summed E-state index contributed by atoms with van der Waals surface area (Å²) in [5, 5.41) is 19.9. The van der Waals surface area contributed by atoms with E-state index < -0.39 is 0 Å². The Balaban J connectivity index is 1.77. The van der Waals surface area contributed by atoms with E-state index in [1.807, 2.05) is 6.07 Å². The Bertz CT molecular complexity index is 717. The molecule has 3 rings (SSSR count). The third-order valence-corrected chi connectivity index (χ3v) is 4.39. The second-order valence-corrected chi connectivity index (χ2v) is 6.08. The second-order valence-electron chi connectivity index (χ2n) is 6.08. The van der Waals surface area contributed by atoms with Gasteiger partial charge >= 0.3 is 0 Å². The third-order valence-electron chi connectivity index (χ3n) is 4.39. The zero-order valence-corrected chi connectivity index (χ0v) is 13.6. The molecule has 0 spiro atoms. The Labute approximate surface area is 137 Å². The quantitative estimate of drug-likeness (QED) is 0.935. The summed E-state index contributed by atoms with van der Waals surface area (Å²) < 4.78 is 0. The van der Waals surface area contributed by atoms with Crippen molar-refractivity contribution in [2.75, 3.05) is 16.8 Å². The molecule has 5 nitrogen and oxygen atoms in total. The van der Waals surface area contributed by atoms with Crippen molar-refractivity contribution in [2.24, 2.45) is 0 Å². The number of aryl methyl sites for hydroxylation is 1. The lowest BCUT2D eigenvalue weighted by Crippen LogP contribution is -2.37. The molecule has 1 fully saturated rings. The average molecular weight is 307 g/mol. The SMILES string of the molecule is Cc1cc(N2CCCCC2C)ccc1Nc1ccc(C#N)nn1. The fraction of sp³-hybridized carbons (Fsp3) is 0.389. The highest BCUT2D eigenvalue weighted by Gasteiger charge is 2.18.